The van der Waals surface area contributed by atoms with Gasteiger partial charge in [-0.05, 0) is 30.7 Å². The minimum atomic E-state index is -3.87. The van der Waals surface area contributed by atoms with E-state index in [1.807, 2.05) is 13.0 Å². The van der Waals surface area contributed by atoms with Gasteiger partial charge in [-0.25, -0.2) is 18.6 Å². The number of ether oxygens (including phenoxy) is 2. The average Bonchev–Trinajstić information content (AvgIpc) is 2.85. The monoisotopic (exact) mass is 515 g/mol. The summed E-state index contributed by atoms with van der Waals surface area (Å²) in [5.74, 6) is 0.433. The van der Waals surface area contributed by atoms with E-state index in [0.717, 1.165) is 5.56 Å². The number of carbonyl (C=O) groups is 1. The zero-order valence-electron chi connectivity index (χ0n) is 19.5. The molecule has 0 aliphatic heterocycles. The van der Waals surface area contributed by atoms with Gasteiger partial charge in [-0.15, -0.1) is 0 Å². The van der Waals surface area contributed by atoms with Gasteiger partial charge in [0.2, 0.25) is 15.9 Å². The molecule has 1 amide bonds. The lowest BCUT2D eigenvalue weighted by molar-refractivity contribution is -0.121. The Kier molecular flexibility index (Phi) is 8.86. The number of nitrogens with one attached hydrogen (secondary N) is 2. The second kappa shape index (κ2) is 11.8. The maximum Gasteiger partial charge on any atom is 0.242 e. The molecule has 8 nitrogen and oxygen atoms in total. The number of hydrogen-bond acceptors (Lipinski definition) is 6. The number of benzene rings is 3. The summed E-state index contributed by atoms with van der Waals surface area (Å²) in [6.07, 6.45) is 1.20. The summed E-state index contributed by atoms with van der Waals surface area (Å²) in [6.45, 7) is 1.87. The number of halogens is 1. The van der Waals surface area contributed by atoms with Crippen LogP contribution in [0.1, 0.15) is 29.2 Å². The lowest BCUT2D eigenvalue weighted by atomic mass is 10.0. The standard InChI is InChI=1S/C25H26ClN3O5S/c1-17-9-11-20(12-10-17)35(31,32)29-22(18-7-5-4-6-8-18)15-25(30)28-27-16-19-13-23(33-2)24(34-3)14-21(19)26/h4-14,16,22,29H,15H2,1-3H3,(H,28,30)/b27-16-/t22-/m0/s1. The highest BCUT2D eigenvalue weighted by molar-refractivity contribution is 7.89. The lowest BCUT2D eigenvalue weighted by Crippen LogP contribution is -2.32. The van der Waals surface area contributed by atoms with Crippen LogP contribution in [0, 0.1) is 6.92 Å². The molecule has 0 radical (unpaired) electrons. The number of sulfonamides is 1. The molecule has 184 valence electrons. The fourth-order valence-electron chi connectivity index (χ4n) is 3.26. The Bertz CT molecular complexity index is 1300. The Morgan fingerprint density at radius 1 is 1.03 bits per heavy atom. The molecule has 0 aromatic heterocycles. The number of amides is 1. The number of carbonyl (C=O) groups excluding carboxylic acids is 1. The van der Waals surface area contributed by atoms with Crippen molar-refractivity contribution in [2.45, 2.75) is 24.3 Å². The summed E-state index contributed by atoms with van der Waals surface area (Å²) >= 11 is 6.24. The first-order chi connectivity index (χ1) is 16.7. The molecule has 0 aliphatic rings. The van der Waals surface area contributed by atoms with Crippen molar-refractivity contribution in [1.29, 1.82) is 0 Å². The molecule has 3 rings (SSSR count). The van der Waals surface area contributed by atoms with Crippen molar-refractivity contribution in [3.8, 4) is 11.5 Å². The Morgan fingerprint density at radius 3 is 2.29 bits per heavy atom. The molecule has 3 aromatic carbocycles. The van der Waals surface area contributed by atoms with Gasteiger partial charge in [-0.1, -0.05) is 59.6 Å². The molecule has 2 N–H and O–H groups in total. The highest BCUT2D eigenvalue weighted by Gasteiger charge is 2.23. The predicted molar refractivity (Wildman–Crippen MR) is 136 cm³/mol. The second-order valence-electron chi connectivity index (χ2n) is 7.62. The number of nitrogens with zero attached hydrogens (tertiary/aromatic N) is 1. The summed E-state index contributed by atoms with van der Waals surface area (Å²) < 4.78 is 39.0. The summed E-state index contributed by atoms with van der Waals surface area (Å²) in [5.41, 5.74) is 4.51. The number of rotatable bonds is 10. The van der Waals surface area contributed by atoms with Gasteiger partial charge in [0.1, 0.15) is 0 Å². The molecule has 0 unspecified atom stereocenters. The van der Waals surface area contributed by atoms with E-state index in [1.54, 1.807) is 48.5 Å². The average molecular weight is 516 g/mol. The Hall–Kier alpha value is -3.40. The minimum absolute atomic E-state index is 0.116. The van der Waals surface area contributed by atoms with Crippen LogP contribution in [0.2, 0.25) is 5.02 Å². The van der Waals surface area contributed by atoms with Gasteiger partial charge in [-0.2, -0.15) is 5.10 Å². The highest BCUT2D eigenvalue weighted by Crippen LogP contribution is 2.32. The van der Waals surface area contributed by atoms with E-state index < -0.39 is 22.0 Å². The maximum atomic E-state index is 12.9. The van der Waals surface area contributed by atoms with Crippen molar-refractivity contribution in [2.24, 2.45) is 5.10 Å². The molecule has 0 aliphatic carbocycles. The van der Waals surface area contributed by atoms with Crippen LogP contribution < -0.4 is 19.6 Å². The van der Waals surface area contributed by atoms with Crippen LogP contribution in [-0.2, 0) is 14.8 Å². The predicted octanol–water partition coefficient (Wildman–Crippen LogP) is 4.23. The Labute approximate surface area is 210 Å². The van der Waals surface area contributed by atoms with E-state index in [2.05, 4.69) is 15.2 Å². The zero-order chi connectivity index (χ0) is 25.4. The van der Waals surface area contributed by atoms with Crippen LogP contribution >= 0.6 is 11.6 Å². The zero-order valence-corrected chi connectivity index (χ0v) is 21.1. The summed E-state index contributed by atoms with van der Waals surface area (Å²) in [7, 11) is -0.871. The van der Waals surface area contributed by atoms with Gasteiger partial charge >= 0.3 is 0 Å². The van der Waals surface area contributed by atoms with E-state index in [-0.39, 0.29) is 11.3 Å². The largest absolute Gasteiger partial charge is 0.493 e. The Morgan fingerprint density at radius 2 is 1.66 bits per heavy atom. The van der Waals surface area contributed by atoms with E-state index in [0.29, 0.717) is 27.6 Å². The quantitative estimate of drug-likeness (QED) is 0.310. The second-order valence-corrected chi connectivity index (χ2v) is 9.74. The van der Waals surface area contributed by atoms with Crippen LogP contribution in [0.4, 0.5) is 0 Å². The molecular weight excluding hydrogens is 490 g/mol. The van der Waals surface area contributed by atoms with E-state index in [1.165, 1.54) is 32.6 Å². The van der Waals surface area contributed by atoms with Crippen LogP contribution in [0.25, 0.3) is 0 Å². The molecule has 10 heteroatoms. The van der Waals surface area contributed by atoms with Crippen molar-refractivity contribution >= 4 is 33.7 Å². The summed E-state index contributed by atoms with van der Waals surface area (Å²) in [4.78, 5) is 12.8. The molecule has 0 heterocycles. The first kappa shape index (κ1) is 26.2. The molecule has 35 heavy (non-hydrogen) atoms. The van der Waals surface area contributed by atoms with Crippen molar-refractivity contribution in [1.82, 2.24) is 10.1 Å². The lowest BCUT2D eigenvalue weighted by Gasteiger charge is -2.18. The van der Waals surface area contributed by atoms with Crippen LogP contribution in [0.3, 0.4) is 0 Å². The van der Waals surface area contributed by atoms with Gasteiger partial charge in [0.15, 0.2) is 11.5 Å². The van der Waals surface area contributed by atoms with Gasteiger partial charge in [0, 0.05) is 18.1 Å². The smallest absolute Gasteiger partial charge is 0.242 e. The molecule has 0 saturated carbocycles. The van der Waals surface area contributed by atoms with E-state index in [4.69, 9.17) is 21.1 Å². The number of aryl methyl sites for hydroxylation is 1. The van der Waals surface area contributed by atoms with Crippen molar-refractivity contribution in [3.05, 3.63) is 88.4 Å². The molecule has 0 saturated heterocycles. The fraction of sp³-hybridized carbons (Fsp3) is 0.200. The van der Waals surface area contributed by atoms with Crippen molar-refractivity contribution < 1.29 is 22.7 Å². The Balaban J connectivity index is 1.75. The molecule has 0 fully saturated rings. The van der Waals surface area contributed by atoms with Crippen molar-refractivity contribution in [3.63, 3.8) is 0 Å². The van der Waals surface area contributed by atoms with Crippen molar-refractivity contribution in [2.75, 3.05) is 14.2 Å². The molecular formula is C25H26ClN3O5S. The highest BCUT2D eigenvalue weighted by atomic mass is 35.5. The van der Waals surface area contributed by atoms with Crippen LogP contribution in [-0.4, -0.2) is 34.8 Å². The third-order valence-electron chi connectivity index (χ3n) is 5.12. The third kappa shape index (κ3) is 7.05. The normalized spacial score (nSPS) is 12.3. The first-order valence-corrected chi connectivity index (χ1v) is 12.5. The number of methoxy groups -OCH3 is 2. The van der Waals surface area contributed by atoms with Gasteiger partial charge in [0.25, 0.3) is 0 Å². The fourth-order valence-corrected chi connectivity index (χ4v) is 4.69. The topological polar surface area (TPSA) is 106 Å². The SMILES string of the molecule is COc1cc(Cl)c(/C=N\NC(=O)C[C@H](NS(=O)(=O)c2ccc(C)cc2)c2ccccc2)cc1OC. The van der Waals surface area contributed by atoms with E-state index >= 15 is 0 Å². The number of hydrazone groups is 1. The summed E-state index contributed by atoms with van der Waals surface area (Å²) in [6, 6.07) is 17.7. The van der Waals surface area contributed by atoms with Gasteiger partial charge in [0.05, 0.1) is 36.4 Å². The van der Waals surface area contributed by atoms with Gasteiger partial charge in [-0.3, -0.25) is 4.79 Å². The molecule has 0 bridgehead atoms. The first-order valence-electron chi connectivity index (χ1n) is 10.6. The third-order valence-corrected chi connectivity index (χ3v) is 6.93. The van der Waals surface area contributed by atoms with Gasteiger partial charge < -0.3 is 9.47 Å². The van der Waals surface area contributed by atoms with Crippen LogP contribution in [0.15, 0.2) is 76.7 Å². The maximum absolute atomic E-state index is 12.9. The summed E-state index contributed by atoms with van der Waals surface area (Å²) in [5, 5.41) is 4.32. The number of hydrogen-bond donors (Lipinski definition) is 2. The molecule has 3 aromatic rings. The molecule has 1 atom stereocenters. The van der Waals surface area contributed by atoms with Crippen LogP contribution in [0.5, 0.6) is 11.5 Å². The molecule has 0 spiro atoms. The van der Waals surface area contributed by atoms with E-state index in [9.17, 15) is 13.2 Å². The minimum Gasteiger partial charge on any atom is -0.493 e.